The fraction of sp³-hybridized carbons (Fsp3) is 0.571. The summed E-state index contributed by atoms with van der Waals surface area (Å²) in [4.78, 5) is 0. The number of anilines is 1. The maximum Gasteiger partial charge on any atom is 0.0374 e. The maximum atomic E-state index is 3.66. The Balaban J connectivity index is 1.79. The van der Waals surface area contributed by atoms with Gasteiger partial charge in [-0.05, 0) is 48.8 Å². The van der Waals surface area contributed by atoms with Crippen LogP contribution in [0.5, 0.6) is 0 Å². The Labute approximate surface area is 103 Å². The van der Waals surface area contributed by atoms with Crippen molar-refractivity contribution < 1.29 is 0 Å². The largest absolute Gasteiger partial charge is 0.382 e. The second-order valence-corrected chi connectivity index (χ2v) is 5.77. The Kier molecular flexibility index (Phi) is 4.58. The van der Waals surface area contributed by atoms with Gasteiger partial charge in [-0.2, -0.15) is 11.8 Å². The number of thioether (sulfide) groups is 1. The lowest BCUT2D eigenvalue weighted by molar-refractivity contribution is 0.581. The SMILES string of the molecule is CCSCCCC1CCc2ccccc2N1. The van der Waals surface area contributed by atoms with E-state index in [4.69, 9.17) is 0 Å². The van der Waals surface area contributed by atoms with Crippen molar-refractivity contribution in [1.82, 2.24) is 0 Å². The third-order valence-corrected chi connectivity index (χ3v) is 4.17. The van der Waals surface area contributed by atoms with Crippen molar-refractivity contribution in [2.24, 2.45) is 0 Å². The molecule has 1 aliphatic rings. The van der Waals surface area contributed by atoms with Gasteiger partial charge in [-0.3, -0.25) is 0 Å². The van der Waals surface area contributed by atoms with E-state index in [1.807, 2.05) is 0 Å². The lowest BCUT2D eigenvalue weighted by Gasteiger charge is -2.27. The van der Waals surface area contributed by atoms with E-state index in [1.54, 1.807) is 0 Å². The van der Waals surface area contributed by atoms with Gasteiger partial charge in [0.2, 0.25) is 0 Å². The molecule has 2 rings (SSSR count). The number of benzene rings is 1. The molecule has 0 aliphatic carbocycles. The molecule has 1 N–H and O–H groups in total. The van der Waals surface area contributed by atoms with Crippen molar-refractivity contribution in [1.29, 1.82) is 0 Å². The van der Waals surface area contributed by atoms with Crippen LogP contribution in [0, 0.1) is 0 Å². The van der Waals surface area contributed by atoms with Gasteiger partial charge in [0.15, 0.2) is 0 Å². The van der Waals surface area contributed by atoms with Gasteiger partial charge < -0.3 is 5.32 Å². The minimum atomic E-state index is 0.701. The van der Waals surface area contributed by atoms with Gasteiger partial charge in [0, 0.05) is 11.7 Å². The molecule has 2 heteroatoms. The molecule has 0 saturated carbocycles. The summed E-state index contributed by atoms with van der Waals surface area (Å²) in [5, 5.41) is 3.66. The Hall–Kier alpha value is -0.630. The van der Waals surface area contributed by atoms with Gasteiger partial charge in [-0.1, -0.05) is 25.1 Å². The Morgan fingerprint density at radius 3 is 3.12 bits per heavy atom. The predicted octanol–water partition coefficient (Wildman–Crippen LogP) is 3.95. The van der Waals surface area contributed by atoms with Crippen molar-refractivity contribution >= 4 is 17.4 Å². The average molecular weight is 235 g/mol. The molecule has 1 unspecified atom stereocenters. The molecule has 1 aromatic rings. The highest BCUT2D eigenvalue weighted by atomic mass is 32.2. The van der Waals surface area contributed by atoms with Gasteiger partial charge in [0.1, 0.15) is 0 Å². The summed E-state index contributed by atoms with van der Waals surface area (Å²) in [6.45, 7) is 2.24. The summed E-state index contributed by atoms with van der Waals surface area (Å²) in [5.74, 6) is 2.57. The molecule has 1 aliphatic heterocycles. The van der Waals surface area contributed by atoms with Crippen molar-refractivity contribution in [3.8, 4) is 0 Å². The van der Waals surface area contributed by atoms with E-state index in [2.05, 4.69) is 48.3 Å². The molecule has 1 atom stereocenters. The quantitative estimate of drug-likeness (QED) is 0.776. The van der Waals surface area contributed by atoms with E-state index in [0.29, 0.717) is 6.04 Å². The van der Waals surface area contributed by atoms with Crippen LogP contribution in [0.15, 0.2) is 24.3 Å². The van der Waals surface area contributed by atoms with E-state index < -0.39 is 0 Å². The topological polar surface area (TPSA) is 12.0 Å². The molecule has 0 amide bonds. The molecular weight excluding hydrogens is 214 g/mol. The van der Waals surface area contributed by atoms with E-state index in [0.717, 1.165) is 0 Å². The van der Waals surface area contributed by atoms with Gasteiger partial charge in [0.25, 0.3) is 0 Å². The third-order valence-electron chi connectivity index (χ3n) is 3.18. The maximum absolute atomic E-state index is 3.66. The second-order valence-electron chi connectivity index (χ2n) is 4.38. The van der Waals surface area contributed by atoms with Crippen LogP contribution in [-0.2, 0) is 6.42 Å². The predicted molar refractivity (Wildman–Crippen MR) is 74.4 cm³/mol. The van der Waals surface area contributed by atoms with Crippen LogP contribution in [-0.4, -0.2) is 17.5 Å². The fourth-order valence-corrected chi connectivity index (χ4v) is 2.95. The summed E-state index contributed by atoms with van der Waals surface area (Å²) >= 11 is 2.05. The standard InChI is InChI=1S/C14H21NS/c1-2-16-11-5-7-13-10-9-12-6-3-4-8-14(12)15-13/h3-4,6,8,13,15H,2,5,7,9-11H2,1H3. The third kappa shape index (κ3) is 3.18. The molecule has 1 aromatic carbocycles. The highest BCUT2D eigenvalue weighted by Gasteiger charge is 2.16. The highest BCUT2D eigenvalue weighted by molar-refractivity contribution is 7.99. The fourth-order valence-electron chi connectivity index (χ4n) is 2.29. The van der Waals surface area contributed by atoms with E-state index >= 15 is 0 Å². The monoisotopic (exact) mass is 235 g/mol. The van der Waals surface area contributed by atoms with Crippen LogP contribution in [0.3, 0.4) is 0 Å². The zero-order valence-corrected chi connectivity index (χ0v) is 10.9. The number of fused-ring (bicyclic) bond motifs is 1. The summed E-state index contributed by atoms with van der Waals surface area (Å²) < 4.78 is 0. The van der Waals surface area contributed by atoms with Crippen molar-refractivity contribution in [3.63, 3.8) is 0 Å². The zero-order valence-electron chi connectivity index (χ0n) is 10.0. The van der Waals surface area contributed by atoms with Crippen molar-refractivity contribution in [3.05, 3.63) is 29.8 Å². The first-order chi connectivity index (χ1) is 7.90. The minimum absolute atomic E-state index is 0.701. The zero-order chi connectivity index (χ0) is 11.2. The Morgan fingerprint density at radius 1 is 1.38 bits per heavy atom. The first-order valence-corrected chi connectivity index (χ1v) is 7.48. The molecule has 0 aromatic heterocycles. The van der Waals surface area contributed by atoms with Gasteiger partial charge >= 0.3 is 0 Å². The molecular formula is C14H21NS. The summed E-state index contributed by atoms with van der Waals surface area (Å²) in [5.41, 5.74) is 2.85. The molecule has 0 spiro atoms. The smallest absolute Gasteiger partial charge is 0.0374 e. The molecule has 0 radical (unpaired) electrons. The number of para-hydroxylation sites is 1. The first kappa shape index (κ1) is 11.8. The van der Waals surface area contributed by atoms with Crippen LogP contribution in [0.25, 0.3) is 0 Å². The van der Waals surface area contributed by atoms with Gasteiger partial charge in [0.05, 0.1) is 0 Å². The Morgan fingerprint density at radius 2 is 2.25 bits per heavy atom. The molecule has 0 saturated heterocycles. The minimum Gasteiger partial charge on any atom is -0.382 e. The molecule has 1 nitrogen and oxygen atoms in total. The number of aryl methyl sites for hydroxylation is 1. The van der Waals surface area contributed by atoms with Crippen LogP contribution in [0.2, 0.25) is 0 Å². The molecule has 88 valence electrons. The molecule has 16 heavy (non-hydrogen) atoms. The lowest BCUT2D eigenvalue weighted by atomic mass is 9.96. The first-order valence-electron chi connectivity index (χ1n) is 6.32. The van der Waals surface area contributed by atoms with Crippen LogP contribution < -0.4 is 5.32 Å². The molecule has 0 bridgehead atoms. The summed E-state index contributed by atoms with van der Waals surface area (Å²) in [6, 6.07) is 9.42. The van der Waals surface area contributed by atoms with Gasteiger partial charge in [-0.25, -0.2) is 0 Å². The van der Waals surface area contributed by atoms with Crippen molar-refractivity contribution in [2.45, 2.75) is 38.6 Å². The lowest BCUT2D eigenvalue weighted by Crippen LogP contribution is -2.25. The number of hydrogen-bond donors (Lipinski definition) is 1. The highest BCUT2D eigenvalue weighted by Crippen LogP contribution is 2.26. The van der Waals surface area contributed by atoms with Crippen LogP contribution >= 0.6 is 11.8 Å². The Bertz CT molecular complexity index is 324. The van der Waals surface area contributed by atoms with Crippen LogP contribution in [0.4, 0.5) is 5.69 Å². The normalized spacial score (nSPS) is 18.9. The van der Waals surface area contributed by atoms with E-state index in [-0.39, 0.29) is 0 Å². The molecule has 0 fully saturated rings. The second kappa shape index (κ2) is 6.19. The number of rotatable bonds is 5. The van der Waals surface area contributed by atoms with Crippen LogP contribution in [0.1, 0.15) is 31.7 Å². The average Bonchev–Trinajstić information content (AvgIpc) is 2.34. The summed E-state index contributed by atoms with van der Waals surface area (Å²) in [6.07, 6.45) is 5.21. The summed E-state index contributed by atoms with van der Waals surface area (Å²) in [7, 11) is 0. The number of hydrogen-bond acceptors (Lipinski definition) is 2. The van der Waals surface area contributed by atoms with E-state index in [1.165, 1.54) is 48.4 Å². The van der Waals surface area contributed by atoms with Crippen molar-refractivity contribution in [2.75, 3.05) is 16.8 Å². The van der Waals surface area contributed by atoms with E-state index in [9.17, 15) is 0 Å². The number of nitrogens with one attached hydrogen (secondary N) is 1. The molecule has 1 heterocycles. The van der Waals surface area contributed by atoms with Gasteiger partial charge in [-0.15, -0.1) is 0 Å².